The van der Waals surface area contributed by atoms with Crippen molar-refractivity contribution in [3.05, 3.63) is 23.8 Å². The van der Waals surface area contributed by atoms with E-state index in [1.807, 2.05) is 0 Å². The molecule has 2 rings (SSSR count). The van der Waals surface area contributed by atoms with Crippen LogP contribution in [-0.4, -0.2) is 53.0 Å². The predicted molar refractivity (Wildman–Crippen MR) is 77.0 cm³/mol. The van der Waals surface area contributed by atoms with Crippen molar-refractivity contribution in [2.75, 3.05) is 20.1 Å². The van der Waals surface area contributed by atoms with Crippen molar-refractivity contribution in [1.82, 2.24) is 4.90 Å². The highest BCUT2D eigenvalue weighted by atomic mass is 16.4. The molecule has 0 saturated heterocycles. The van der Waals surface area contributed by atoms with Crippen molar-refractivity contribution < 1.29 is 24.6 Å². The largest absolute Gasteiger partial charge is 0.478 e. The summed E-state index contributed by atoms with van der Waals surface area (Å²) in [6, 6.07) is 0. The highest BCUT2D eigenvalue weighted by molar-refractivity contribution is 5.97. The van der Waals surface area contributed by atoms with Crippen LogP contribution in [0, 0.1) is 5.92 Å². The zero-order valence-electron chi connectivity index (χ0n) is 12.1. The van der Waals surface area contributed by atoms with E-state index in [9.17, 15) is 14.4 Å². The van der Waals surface area contributed by atoms with Crippen molar-refractivity contribution >= 4 is 17.7 Å². The van der Waals surface area contributed by atoms with Gasteiger partial charge in [-0.1, -0.05) is 12.5 Å². The number of hydrogen-bond donors (Lipinski definition) is 2. The zero-order valence-corrected chi connectivity index (χ0v) is 12.1. The SMILES string of the molecule is CN1CC=C(C(=O)C2CCC2)CC1.O=C(O)C=CC(=O)O. The fourth-order valence-electron chi connectivity index (χ4n) is 2.07. The van der Waals surface area contributed by atoms with Gasteiger partial charge >= 0.3 is 11.9 Å². The van der Waals surface area contributed by atoms with E-state index in [0.717, 1.165) is 37.9 Å². The highest BCUT2D eigenvalue weighted by Crippen LogP contribution is 2.30. The molecule has 2 N–H and O–H groups in total. The number of rotatable bonds is 4. The number of likely N-dealkylation sites (N-methyl/N-ethyl adjacent to an activating group) is 1. The molecule has 0 amide bonds. The van der Waals surface area contributed by atoms with Gasteiger partial charge in [0.25, 0.3) is 0 Å². The number of nitrogens with zero attached hydrogens (tertiary/aromatic N) is 1. The molecule has 0 radical (unpaired) electrons. The molecule has 0 unspecified atom stereocenters. The lowest BCUT2D eigenvalue weighted by Crippen LogP contribution is -2.30. The van der Waals surface area contributed by atoms with Gasteiger partial charge in [-0.2, -0.15) is 0 Å². The van der Waals surface area contributed by atoms with Gasteiger partial charge < -0.3 is 15.1 Å². The number of Topliss-reactive ketones (excluding diaryl/α,β-unsaturated/α-hetero) is 1. The second-order valence-corrected chi connectivity index (χ2v) is 5.24. The molecule has 6 nitrogen and oxygen atoms in total. The quantitative estimate of drug-likeness (QED) is 0.760. The molecule has 0 atom stereocenters. The van der Waals surface area contributed by atoms with E-state index in [1.54, 1.807) is 0 Å². The predicted octanol–water partition coefficient (Wildman–Crippen LogP) is 1.33. The summed E-state index contributed by atoms with van der Waals surface area (Å²) in [5, 5.41) is 15.6. The number of carboxylic acid groups (broad SMARTS) is 2. The Balaban J connectivity index is 0.000000240. The van der Waals surface area contributed by atoms with Crippen LogP contribution in [0.3, 0.4) is 0 Å². The lowest BCUT2D eigenvalue weighted by atomic mass is 9.79. The topological polar surface area (TPSA) is 94.9 Å². The summed E-state index contributed by atoms with van der Waals surface area (Å²) in [4.78, 5) is 33.2. The van der Waals surface area contributed by atoms with Crippen molar-refractivity contribution in [3.63, 3.8) is 0 Å². The van der Waals surface area contributed by atoms with Gasteiger partial charge in [0.1, 0.15) is 0 Å². The number of carbonyl (C=O) groups excluding carboxylic acids is 1. The standard InChI is InChI=1S/C11H17NO.C4H4O4/c1-12-7-5-10(6-8-12)11(13)9-3-2-4-9;5-3(6)1-2-4(7)8/h5,9H,2-4,6-8H2,1H3;1-2H,(H,5,6)(H,7,8). The summed E-state index contributed by atoms with van der Waals surface area (Å²) in [6.07, 6.45) is 7.71. The zero-order chi connectivity index (χ0) is 15.8. The molecule has 21 heavy (non-hydrogen) atoms. The van der Waals surface area contributed by atoms with Crippen LogP contribution in [0.15, 0.2) is 23.8 Å². The van der Waals surface area contributed by atoms with Crippen LogP contribution in [-0.2, 0) is 14.4 Å². The molecular weight excluding hydrogens is 274 g/mol. The molecule has 0 aromatic carbocycles. The van der Waals surface area contributed by atoms with Crippen LogP contribution >= 0.6 is 0 Å². The smallest absolute Gasteiger partial charge is 0.328 e. The Bertz CT molecular complexity index is 447. The van der Waals surface area contributed by atoms with E-state index in [0.29, 0.717) is 23.9 Å². The molecule has 1 aliphatic heterocycles. The number of carbonyl (C=O) groups is 3. The fraction of sp³-hybridized carbons (Fsp3) is 0.533. The van der Waals surface area contributed by atoms with Crippen LogP contribution in [0.4, 0.5) is 0 Å². The molecule has 116 valence electrons. The first kappa shape index (κ1) is 17.1. The molecule has 0 bridgehead atoms. The normalized spacial score (nSPS) is 19.2. The van der Waals surface area contributed by atoms with Gasteiger partial charge in [-0.05, 0) is 31.9 Å². The molecule has 1 saturated carbocycles. The maximum absolute atomic E-state index is 11.8. The number of ketones is 1. The number of aliphatic carboxylic acids is 2. The van der Waals surface area contributed by atoms with Gasteiger partial charge in [0.15, 0.2) is 5.78 Å². The lowest BCUT2D eigenvalue weighted by Gasteiger charge is -2.28. The van der Waals surface area contributed by atoms with E-state index in [1.165, 1.54) is 6.42 Å². The third-order valence-corrected chi connectivity index (χ3v) is 3.57. The van der Waals surface area contributed by atoms with Crippen molar-refractivity contribution in [2.24, 2.45) is 5.92 Å². The van der Waals surface area contributed by atoms with Crippen molar-refractivity contribution in [1.29, 1.82) is 0 Å². The van der Waals surface area contributed by atoms with E-state index in [-0.39, 0.29) is 0 Å². The second-order valence-electron chi connectivity index (χ2n) is 5.24. The van der Waals surface area contributed by atoms with Gasteiger partial charge in [-0.3, -0.25) is 4.79 Å². The first-order chi connectivity index (χ1) is 9.90. The fourth-order valence-corrected chi connectivity index (χ4v) is 2.07. The minimum absolute atomic E-state index is 0.384. The van der Waals surface area contributed by atoms with E-state index in [2.05, 4.69) is 18.0 Å². The number of hydrogen-bond acceptors (Lipinski definition) is 4. The Morgan fingerprint density at radius 1 is 1.19 bits per heavy atom. The number of carboxylic acids is 2. The first-order valence-electron chi connectivity index (χ1n) is 6.96. The Labute approximate surface area is 123 Å². The summed E-state index contributed by atoms with van der Waals surface area (Å²) in [6.45, 7) is 2.00. The molecule has 1 heterocycles. The van der Waals surface area contributed by atoms with Crippen LogP contribution in [0.2, 0.25) is 0 Å². The molecule has 1 fully saturated rings. The molecule has 6 heteroatoms. The van der Waals surface area contributed by atoms with Crippen LogP contribution < -0.4 is 0 Å². The molecular formula is C15H21NO5. The minimum Gasteiger partial charge on any atom is -0.478 e. The average molecular weight is 295 g/mol. The Morgan fingerprint density at radius 3 is 2.10 bits per heavy atom. The van der Waals surface area contributed by atoms with E-state index < -0.39 is 11.9 Å². The monoisotopic (exact) mass is 295 g/mol. The minimum atomic E-state index is -1.26. The maximum atomic E-state index is 11.8. The molecule has 1 aliphatic carbocycles. The maximum Gasteiger partial charge on any atom is 0.328 e. The lowest BCUT2D eigenvalue weighted by molar-refractivity contribution is -0.134. The summed E-state index contributed by atoms with van der Waals surface area (Å²) in [5.41, 5.74) is 1.10. The van der Waals surface area contributed by atoms with Gasteiger partial charge in [0.05, 0.1) is 0 Å². The van der Waals surface area contributed by atoms with Crippen molar-refractivity contribution in [3.8, 4) is 0 Å². The van der Waals surface area contributed by atoms with Crippen LogP contribution in [0.1, 0.15) is 25.7 Å². The van der Waals surface area contributed by atoms with Gasteiger partial charge in [0, 0.05) is 31.2 Å². The second kappa shape index (κ2) is 8.36. The Morgan fingerprint density at radius 2 is 1.76 bits per heavy atom. The summed E-state index contributed by atoms with van der Waals surface area (Å²) in [5.74, 6) is -1.69. The van der Waals surface area contributed by atoms with Crippen LogP contribution in [0.25, 0.3) is 0 Å². The van der Waals surface area contributed by atoms with Gasteiger partial charge in [-0.15, -0.1) is 0 Å². The van der Waals surface area contributed by atoms with Crippen LogP contribution in [0.5, 0.6) is 0 Å². The molecule has 0 spiro atoms. The average Bonchev–Trinajstić information content (AvgIpc) is 2.36. The van der Waals surface area contributed by atoms with Gasteiger partial charge in [0.2, 0.25) is 0 Å². The third-order valence-electron chi connectivity index (χ3n) is 3.57. The Kier molecular flexibility index (Phi) is 6.81. The first-order valence-corrected chi connectivity index (χ1v) is 6.96. The Hall–Kier alpha value is -1.95. The summed E-state index contributed by atoms with van der Waals surface area (Å²) >= 11 is 0. The summed E-state index contributed by atoms with van der Waals surface area (Å²) in [7, 11) is 2.10. The third kappa shape index (κ3) is 6.35. The molecule has 2 aliphatic rings. The molecule has 0 aromatic heterocycles. The van der Waals surface area contributed by atoms with E-state index in [4.69, 9.17) is 10.2 Å². The summed E-state index contributed by atoms with van der Waals surface area (Å²) < 4.78 is 0. The van der Waals surface area contributed by atoms with Gasteiger partial charge in [-0.25, -0.2) is 9.59 Å². The van der Waals surface area contributed by atoms with E-state index >= 15 is 0 Å². The van der Waals surface area contributed by atoms with Crippen molar-refractivity contribution in [2.45, 2.75) is 25.7 Å². The highest BCUT2D eigenvalue weighted by Gasteiger charge is 2.28. The molecule has 0 aromatic rings.